The van der Waals surface area contributed by atoms with E-state index in [1.165, 1.54) is 4.90 Å². The monoisotopic (exact) mass is 596 g/mol. The molecule has 1 aliphatic rings. The van der Waals surface area contributed by atoms with E-state index >= 15 is 0 Å². The molecule has 1 N–H and O–H groups in total. The van der Waals surface area contributed by atoms with Gasteiger partial charge in [-0.1, -0.05) is 32.0 Å². The van der Waals surface area contributed by atoms with E-state index in [1.807, 2.05) is 13.8 Å². The molecule has 0 aliphatic carbocycles. The Bertz CT molecular complexity index is 1350. The number of ketones is 2. The number of hydrogen-bond acceptors (Lipinski definition) is 10. The van der Waals surface area contributed by atoms with Crippen molar-refractivity contribution in [3.05, 3.63) is 53.1 Å². The summed E-state index contributed by atoms with van der Waals surface area (Å²) < 4.78 is 21.4. The Balaban J connectivity index is 1.58. The summed E-state index contributed by atoms with van der Waals surface area (Å²) in [6.45, 7) is 9.11. The maximum Gasteiger partial charge on any atom is 0.410 e. The summed E-state index contributed by atoms with van der Waals surface area (Å²) in [7, 11) is 0. The van der Waals surface area contributed by atoms with E-state index in [1.54, 1.807) is 57.2 Å². The summed E-state index contributed by atoms with van der Waals surface area (Å²) in [6.07, 6.45) is 0.882. The lowest BCUT2D eigenvalue weighted by atomic mass is 9.93. The highest BCUT2D eigenvalue weighted by Crippen LogP contribution is 2.38. The number of nitrogens with zero attached hydrogens (tertiary/aromatic N) is 1. The number of esters is 2. The second kappa shape index (κ2) is 15.3. The molecule has 1 heterocycles. The molecule has 0 bridgehead atoms. The number of ether oxygens (including phenoxy) is 4. The Morgan fingerprint density at radius 2 is 1.49 bits per heavy atom. The fraction of sp³-hybridized carbons (Fsp3) is 0.469. The Morgan fingerprint density at radius 1 is 0.860 bits per heavy atom. The first kappa shape index (κ1) is 33.3. The third-order valence-electron chi connectivity index (χ3n) is 6.29. The molecule has 2 aromatic rings. The Morgan fingerprint density at radius 3 is 2.12 bits per heavy atom. The van der Waals surface area contributed by atoms with Gasteiger partial charge in [0.1, 0.15) is 24.5 Å². The van der Waals surface area contributed by atoms with Gasteiger partial charge in [-0.05, 0) is 69.5 Å². The van der Waals surface area contributed by atoms with Crippen LogP contribution in [0.15, 0.2) is 36.4 Å². The molecule has 0 unspecified atom stereocenters. The van der Waals surface area contributed by atoms with E-state index in [0.717, 1.165) is 23.1 Å². The van der Waals surface area contributed by atoms with Gasteiger partial charge in [0.2, 0.25) is 0 Å². The molecular formula is C32H40N2O9. The molecule has 232 valence electrons. The van der Waals surface area contributed by atoms with Crippen molar-refractivity contribution in [3.8, 4) is 16.9 Å². The normalized spacial score (nSPS) is 11.8. The highest BCUT2D eigenvalue weighted by atomic mass is 16.6. The fourth-order valence-corrected chi connectivity index (χ4v) is 4.25. The lowest BCUT2D eigenvalue weighted by molar-refractivity contribution is -0.144. The quantitative estimate of drug-likeness (QED) is 0.145. The van der Waals surface area contributed by atoms with Crippen LogP contribution in [0.1, 0.15) is 73.7 Å². The summed E-state index contributed by atoms with van der Waals surface area (Å²) in [5, 5.41) is 2.93. The molecule has 0 radical (unpaired) electrons. The number of Topliss-reactive ketones (excluding diaryl/α,β-unsaturated/α-hetero) is 2. The summed E-state index contributed by atoms with van der Waals surface area (Å²) in [6, 6.07) is 10.1. The van der Waals surface area contributed by atoms with Gasteiger partial charge in [-0.2, -0.15) is 0 Å². The third kappa shape index (κ3) is 9.92. The number of hydrogen-bond donors (Lipinski definition) is 1. The first-order valence-electron chi connectivity index (χ1n) is 14.4. The minimum atomic E-state index is -0.712. The maximum atomic E-state index is 12.8. The van der Waals surface area contributed by atoms with E-state index in [0.29, 0.717) is 36.4 Å². The first-order chi connectivity index (χ1) is 20.4. The number of carbonyl (C=O) groups is 5. The molecule has 11 nitrogen and oxygen atoms in total. The summed E-state index contributed by atoms with van der Waals surface area (Å²) in [4.78, 5) is 63.2. The van der Waals surface area contributed by atoms with E-state index in [4.69, 9.17) is 18.9 Å². The van der Waals surface area contributed by atoms with Gasteiger partial charge in [-0.15, -0.1) is 0 Å². The maximum absolute atomic E-state index is 12.8. The first-order valence-corrected chi connectivity index (χ1v) is 14.4. The van der Waals surface area contributed by atoms with Gasteiger partial charge in [0, 0.05) is 23.2 Å². The molecule has 0 fully saturated rings. The van der Waals surface area contributed by atoms with Crippen LogP contribution in [0.25, 0.3) is 11.1 Å². The number of benzene rings is 2. The zero-order chi connectivity index (χ0) is 31.6. The molecule has 0 spiro atoms. The van der Waals surface area contributed by atoms with Crippen LogP contribution in [0.4, 0.5) is 4.79 Å². The van der Waals surface area contributed by atoms with Crippen molar-refractivity contribution in [2.45, 2.75) is 59.7 Å². The number of amides is 1. The van der Waals surface area contributed by atoms with Gasteiger partial charge in [-0.25, -0.2) is 4.79 Å². The second-order valence-corrected chi connectivity index (χ2v) is 11.1. The minimum absolute atomic E-state index is 0.0454. The summed E-state index contributed by atoms with van der Waals surface area (Å²) in [5.41, 5.74) is 2.35. The molecule has 1 amide bonds. The van der Waals surface area contributed by atoms with Crippen LogP contribution >= 0.6 is 0 Å². The van der Waals surface area contributed by atoms with Gasteiger partial charge in [0.15, 0.2) is 24.8 Å². The lowest BCUT2D eigenvalue weighted by Crippen LogP contribution is -2.41. The van der Waals surface area contributed by atoms with Crippen molar-refractivity contribution in [2.24, 2.45) is 0 Å². The molecule has 3 rings (SSSR count). The van der Waals surface area contributed by atoms with Crippen LogP contribution in [0.2, 0.25) is 0 Å². The SMILES string of the molecule is CCCNCC(=O)OCC(=O)c1ccc2c(c1)OCc1cc(C(=O)COC(=O)CN(CCC)C(=O)OC(C)(C)C)ccc1-2. The van der Waals surface area contributed by atoms with E-state index < -0.39 is 36.0 Å². The highest BCUT2D eigenvalue weighted by molar-refractivity contribution is 6.00. The molecule has 0 saturated carbocycles. The predicted octanol–water partition coefficient (Wildman–Crippen LogP) is 4.34. The van der Waals surface area contributed by atoms with Gasteiger partial charge in [0.25, 0.3) is 0 Å². The molecular weight excluding hydrogens is 556 g/mol. The van der Waals surface area contributed by atoms with E-state index in [2.05, 4.69) is 5.32 Å². The average Bonchev–Trinajstić information content (AvgIpc) is 2.97. The van der Waals surface area contributed by atoms with Gasteiger partial charge in [0.05, 0.1) is 6.54 Å². The number of nitrogens with one attached hydrogen (secondary N) is 1. The van der Waals surface area contributed by atoms with Crippen LogP contribution in [0.5, 0.6) is 5.75 Å². The zero-order valence-corrected chi connectivity index (χ0v) is 25.4. The summed E-state index contributed by atoms with van der Waals surface area (Å²) >= 11 is 0. The predicted molar refractivity (Wildman–Crippen MR) is 158 cm³/mol. The van der Waals surface area contributed by atoms with Crippen molar-refractivity contribution in [3.63, 3.8) is 0 Å². The average molecular weight is 597 g/mol. The number of carbonyl (C=O) groups excluding carboxylic acids is 5. The fourth-order valence-electron chi connectivity index (χ4n) is 4.25. The van der Waals surface area contributed by atoms with Gasteiger partial charge >= 0.3 is 18.0 Å². The van der Waals surface area contributed by atoms with Crippen LogP contribution in [0.3, 0.4) is 0 Å². The largest absolute Gasteiger partial charge is 0.488 e. The van der Waals surface area contributed by atoms with Crippen molar-refractivity contribution >= 4 is 29.6 Å². The Labute approximate surface area is 251 Å². The molecule has 43 heavy (non-hydrogen) atoms. The van der Waals surface area contributed by atoms with E-state index in [9.17, 15) is 24.0 Å². The van der Waals surface area contributed by atoms with Gasteiger partial charge in [-0.3, -0.25) is 24.1 Å². The number of rotatable bonds is 14. The standard InChI is InChI=1S/C32H40N2O9/c1-6-12-33-16-29(37)41-19-27(36)22-9-11-25-24-10-8-21(14-23(24)18-40-28(25)15-22)26(35)20-42-30(38)17-34(13-7-2)31(39)43-32(3,4)5/h8-11,14-15,33H,6-7,12-13,16-20H2,1-5H3. The van der Waals surface area contributed by atoms with Gasteiger partial charge < -0.3 is 24.3 Å². The molecule has 0 saturated heterocycles. The Hall–Kier alpha value is -4.25. The second-order valence-electron chi connectivity index (χ2n) is 11.1. The Kier molecular flexibility index (Phi) is 11.8. The van der Waals surface area contributed by atoms with E-state index in [-0.39, 0.29) is 32.1 Å². The molecule has 1 aliphatic heterocycles. The molecule has 0 aromatic heterocycles. The van der Waals surface area contributed by atoms with Crippen LogP contribution in [0, 0.1) is 0 Å². The van der Waals surface area contributed by atoms with Crippen molar-refractivity contribution < 1.29 is 42.9 Å². The minimum Gasteiger partial charge on any atom is -0.488 e. The highest BCUT2D eigenvalue weighted by Gasteiger charge is 2.25. The number of fused-ring (bicyclic) bond motifs is 3. The topological polar surface area (TPSA) is 138 Å². The van der Waals surface area contributed by atoms with Crippen molar-refractivity contribution in [1.29, 1.82) is 0 Å². The van der Waals surface area contributed by atoms with Crippen molar-refractivity contribution in [1.82, 2.24) is 10.2 Å². The lowest BCUT2D eigenvalue weighted by Gasteiger charge is -2.26. The third-order valence-corrected chi connectivity index (χ3v) is 6.29. The molecule has 2 aromatic carbocycles. The van der Waals surface area contributed by atoms with Crippen LogP contribution < -0.4 is 10.1 Å². The van der Waals surface area contributed by atoms with Crippen LogP contribution in [-0.4, -0.2) is 79.5 Å². The zero-order valence-electron chi connectivity index (χ0n) is 25.4. The van der Waals surface area contributed by atoms with Crippen LogP contribution in [-0.2, 0) is 30.4 Å². The smallest absolute Gasteiger partial charge is 0.410 e. The van der Waals surface area contributed by atoms with Crippen molar-refractivity contribution in [2.75, 3.05) is 39.4 Å². The summed E-state index contributed by atoms with van der Waals surface area (Å²) in [5.74, 6) is -1.45. The molecule has 11 heteroatoms. The molecule has 0 atom stereocenters.